The van der Waals surface area contributed by atoms with Gasteiger partial charge < -0.3 is 14.4 Å². The average Bonchev–Trinajstić information content (AvgIpc) is 3.30. The molecule has 0 spiro atoms. The van der Waals surface area contributed by atoms with Crippen molar-refractivity contribution in [3.8, 4) is 16.9 Å². The Labute approximate surface area is 187 Å². The molecule has 6 nitrogen and oxygen atoms in total. The molecule has 3 heterocycles. The lowest BCUT2D eigenvalue weighted by molar-refractivity contribution is -0.0507. The van der Waals surface area contributed by atoms with Gasteiger partial charge in [0.05, 0.1) is 17.1 Å². The van der Waals surface area contributed by atoms with Crippen molar-refractivity contribution in [2.75, 3.05) is 0 Å². The van der Waals surface area contributed by atoms with Crippen molar-refractivity contribution >= 4 is 11.0 Å². The Morgan fingerprint density at radius 3 is 2.55 bits per heavy atom. The van der Waals surface area contributed by atoms with Crippen molar-refractivity contribution in [3.63, 3.8) is 0 Å². The SMILES string of the molecule is CC(C)c1ncc(-c2cc3c(cc2F)nc2n3C(c3ccccc3OC(F)F)CC2O)cn1. The van der Waals surface area contributed by atoms with E-state index in [0.717, 1.165) is 0 Å². The molecule has 33 heavy (non-hydrogen) atoms. The molecular weight excluding hydrogens is 433 g/mol. The first kappa shape index (κ1) is 21.4. The Balaban J connectivity index is 1.65. The van der Waals surface area contributed by atoms with Gasteiger partial charge in [-0.15, -0.1) is 0 Å². The summed E-state index contributed by atoms with van der Waals surface area (Å²) in [6.45, 7) is 0.960. The number of hydrogen-bond donors (Lipinski definition) is 1. The van der Waals surface area contributed by atoms with Crippen LogP contribution in [-0.2, 0) is 0 Å². The zero-order chi connectivity index (χ0) is 23.3. The molecule has 0 bridgehead atoms. The van der Waals surface area contributed by atoms with E-state index in [4.69, 9.17) is 4.74 Å². The summed E-state index contributed by atoms with van der Waals surface area (Å²) in [4.78, 5) is 13.1. The number of fused-ring (bicyclic) bond motifs is 3. The second kappa shape index (κ2) is 8.15. The molecule has 0 aliphatic carbocycles. The normalized spacial score (nSPS) is 17.8. The van der Waals surface area contributed by atoms with Crippen LogP contribution >= 0.6 is 0 Å². The smallest absolute Gasteiger partial charge is 0.387 e. The second-order valence-corrected chi connectivity index (χ2v) is 8.33. The minimum Gasteiger partial charge on any atom is -0.434 e. The molecule has 2 aromatic carbocycles. The number of ether oxygens (including phenoxy) is 1. The van der Waals surface area contributed by atoms with Crippen LogP contribution in [0, 0.1) is 5.82 Å². The van der Waals surface area contributed by atoms with E-state index in [0.29, 0.717) is 33.8 Å². The maximum Gasteiger partial charge on any atom is 0.387 e. The van der Waals surface area contributed by atoms with Crippen LogP contribution in [0.4, 0.5) is 13.2 Å². The third-order valence-electron chi connectivity index (χ3n) is 5.86. The van der Waals surface area contributed by atoms with E-state index in [2.05, 4.69) is 15.0 Å². The van der Waals surface area contributed by atoms with Gasteiger partial charge in [0.1, 0.15) is 29.3 Å². The van der Waals surface area contributed by atoms with E-state index in [1.54, 1.807) is 41.2 Å². The third kappa shape index (κ3) is 3.72. The Bertz CT molecular complexity index is 1320. The topological polar surface area (TPSA) is 73.1 Å². The van der Waals surface area contributed by atoms with Crippen molar-refractivity contribution in [1.82, 2.24) is 19.5 Å². The van der Waals surface area contributed by atoms with Crippen LogP contribution in [0.15, 0.2) is 48.8 Å². The van der Waals surface area contributed by atoms with E-state index in [-0.39, 0.29) is 23.7 Å². The number of halogens is 3. The van der Waals surface area contributed by atoms with Gasteiger partial charge in [0.15, 0.2) is 0 Å². The number of nitrogens with zero attached hydrogens (tertiary/aromatic N) is 4. The van der Waals surface area contributed by atoms with Crippen LogP contribution in [0.2, 0.25) is 0 Å². The summed E-state index contributed by atoms with van der Waals surface area (Å²) in [6.07, 6.45) is 2.46. The largest absolute Gasteiger partial charge is 0.434 e. The predicted octanol–water partition coefficient (Wildman–Crippen LogP) is 5.38. The molecule has 2 aromatic heterocycles. The van der Waals surface area contributed by atoms with Gasteiger partial charge in [-0.05, 0) is 12.1 Å². The van der Waals surface area contributed by atoms with Gasteiger partial charge in [-0.25, -0.2) is 19.3 Å². The first-order valence-corrected chi connectivity index (χ1v) is 10.6. The Hall–Kier alpha value is -3.46. The third-order valence-corrected chi connectivity index (χ3v) is 5.86. The maximum atomic E-state index is 15.0. The highest BCUT2D eigenvalue weighted by molar-refractivity contribution is 5.83. The summed E-state index contributed by atoms with van der Waals surface area (Å²) >= 11 is 0. The molecule has 9 heteroatoms. The lowest BCUT2D eigenvalue weighted by Gasteiger charge is -2.19. The quantitative estimate of drug-likeness (QED) is 0.438. The number of alkyl halides is 2. The minimum atomic E-state index is -2.98. The molecule has 4 aromatic rings. The van der Waals surface area contributed by atoms with Crippen molar-refractivity contribution < 1.29 is 23.0 Å². The fourth-order valence-electron chi connectivity index (χ4n) is 4.34. The number of imidazole rings is 1. The Morgan fingerprint density at radius 1 is 1.12 bits per heavy atom. The zero-order valence-corrected chi connectivity index (χ0v) is 17.9. The summed E-state index contributed by atoms with van der Waals surface area (Å²) in [5.41, 5.74) is 2.22. The van der Waals surface area contributed by atoms with Crippen molar-refractivity contribution in [2.24, 2.45) is 0 Å². The number of aliphatic hydroxyl groups excluding tert-OH is 1. The van der Waals surface area contributed by atoms with Crippen molar-refractivity contribution in [2.45, 2.75) is 44.9 Å². The number of rotatable bonds is 5. The van der Waals surface area contributed by atoms with E-state index in [1.165, 1.54) is 12.1 Å². The highest BCUT2D eigenvalue weighted by Crippen LogP contribution is 2.44. The van der Waals surface area contributed by atoms with Crippen LogP contribution in [0.25, 0.3) is 22.2 Å². The average molecular weight is 454 g/mol. The lowest BCUT2D eigenvalue weighted by atomic mass is 10.0. The molecule has 0 radical (unpaired) electrons. The van der Waals surface area contributed by atoms with Crippen LogP contribution in [0.5, 0.6) is 5.75 Å². The minimum absolute atomic E-state index is 0.0272. The predicted molar refractivity (Wildman–Crippen MR) is 116 cm³/mol. The van der Waals surface area contributed by atoms with Gasteiger partial charge in [0.25, 0.3) is 0 Å². The highest BCUT2D eigenvalue weighted by atomic mass is 19.3. The molecule has 0 fully saturated rings. The maximum absolute atomic E-state index is 15.0. The molecule has 0 amide bonds. The summed E-state index contributed by atoms with van der Waals surface area (Å²) in [7, 11) is 0. The van der Waals surface area contributed by atoms with E-state index in [1.807, 2.05) is 13.8 Å². The lowest BCUT2D eigenvalue weighted by Crippen LogP contribution is -2.10. The van der Waals surface area contributed by atoms with Crippen molar-refractivity contribution in [3.05, 3.63) is 71.8 Å². The van der Waals surface area contributed by atoms with Gasteiger partial charge >= 0.3 is 6.61 Å². The molecule has 2 atom stereocenters. The van der Waals surface area contributed by atoms with Gasteiger partial charge in [0.2, 0.25) is 0 Å². The second-order valence-electron chi connectivity index (χ2n) is 8.33. The summed E-state index contributed by atoms with van der Waals surface area (Å²) in [5.74, 6) is 0.684. The van der Waals surface area contributed by atoms with Gasteiger partial charge in [0, 0.05) is 47.5 Å². The van der Waals surface area contributed by atoms with Gasteiger partial charge in [-0.3, -0.25) is 0 Å². The molecule has 2 unspecified atom stereocenters. The molecule has 0 saturated carbocycles. The van der Waals surface area contributed by atoms with Crippen LogP contribution in [0.3, 0.4) is 0 Å². The Kier molecular flexibility index (Phi) is 5.28. The van der Waals surface area contributed by atoms with Crippen LogP contribution in [0.1, 0.15) is 55.5 Å². The summed E-state index contributed by atoms with van der Waals surface area (Å²) in [6, 6.07) is 8.90. The van der Waals surface area contributed by atoms with E-state index >= 15 is 0 Å². The number of hydrogen-bond acceptors (Lipinski definition) is 5. The molecule has 170 valence electrons. The molecule has 1 aliphatic rings. The molecular formula is C24H21F3N4O2. The molecule has 5 rings (SSSR count). The van der Waals surface area contributed by atoms with Crippen LogP contribution in [-0.4, -0.2) is 31.2 Å². The monoisotopic (exact) mass is 454 g/mol. The number of aromatic nitrogens is 4. The standard InChI is InChI=1S/C24H21F3N4O2/c1-12(2)22-28-10-13(11-29-22)15-7-19-17(8-16(15)25)30-23-20(32)9-18(31(19)23)14-5-3-4-6-21(14)33-24(26)27/h3-8,10-12,18,20,24,32H,9H2,1-2H3. The number of para-hydroxylation sites is 1. The van der Waals surface area contributed by atoms with E-state index in [9.17, 15) is 18.3 Å². The summed E-state index contributed by atoms with van der Waals surface area (Å²) in [5, 5.41) is 10.6. The number of benzene rings is 2. The Morgan fingerprint density at radius 2 is 1.85 bits per heavy atom. The molecule has 1 N–H and O–H groups in total. The van der Waals surface area contributed by atoms with Gasteiger partial charge in [-0.2, -0.15) is 8.78 Å². The first-order chi connectivity index (χ1) is 15.8. The fraction of sp³-hybridized carbons (Fsp3) is 0.292. The van der Waals surface area contributed by atoms with Gasteiger partial charge in [-0.1, -0.05) is 32.0 Å². The molecule has 0 saturated heterocycles. The fourth-order valence-corrected chi connectivity index (χ4v) is 4.34. The zero-order valence-electron chi connectivity index (χ0n) is 17.9. The molecule has 1 aliphatic heterocycles. The number of aliphatic hydroxyl groups is 1. The van der Waals surface area contributed by atoms with E-state index < -0.39 is 24.6 Å². The highest BCUT2D eigenvalue weighted by Gasteiger charge is 2.36. The summed E-state index contributed by atoms with van der Waals surface area (Å²) < 4.78 is 47.4. The van der Waals surface area contributed by atoms with Crippen molar-refractivity contribution in [1.29, 1.82) is 0 Å². The van der Waals surface area contributed by atoms with Crippen LogP contribution < -0.4 is 4.74 Å². The first-order valence-electron chi connectivity index (χ1n) is 10.6.